The van der Waals surface area contributed by atoms with Crippen molar-refractivity contribution in [2.75, 3.05) is 14.2 Å². The number of aryl methyl sites for hydroxylation is 1. The third-order valence-corrected chi connectivity index (χ3v) is 5.25. The average molecular weight is 368 g/mol. The Morgan fingerprint density at radius 1 is 1.28 bits per heavy atom. The van der Waals surface area contributed by atoms with Crippen LogP contribution in [0.25, 0.3) is 0 Å². The third-order valence-electron chi connectivity index (χ3n) is 5.04. The van der Waals surface area contributed by atoms with Gasteiger partial charge in [-0.2, -0.15) is 0 Å². The van der Waals surface area contributed by atoms with Gasteiger partial charge in [-0.05, 0) is 56.2 Å². The average Bonchev–Trinajstić information content (AvgIpc) is 2.58. The number of methoxy groups -OCH3 is 2. The molecule has 5 nitrogen and oxygen atoms in total. The zero-order chi connectivity index (χ0) is 18.6. The molecule has 1 fully saturated rings. The summed E-state index contributed by atoms with van der Waals surface area (Å²) < 4.78 is 10.3. The van der Waals surface area contributed by atoms with Crippen LogP contribution in [0.15, 0.2) is 12.1 Å². The number of benzene rings is 1. The van der Waals surface area contributed by atoms with Crippen molar-refractivity contribution >= 4 is 23.5 Å². The van der Waals surface area contributed by atoms with Crippen LogP contribution in [0, 0.1) is 12.8 Å². The van der Waals surface area contributed by atoms with E-state index in [1.54, 1.807) is 19.2 Å². The maximum absolute atomic E-state index is 12.7. The quantitative estimate of drug-likeness (QED) is 0.810. The maximum Gasteiger partial charge on any atom is 0.331 e. The second-order valence-electron chi connectivity index (χ2n) is 6.88. The van der Waals surface area contributed by atoms with Crippen molar-refractivity contribution in [2.24, 2.45) is 5.92 Å². The van der Waals surface area contributed by atoms with E-state index in [0.717, 1.165) is 24.0 Å². The Kier molecular flexibility index (Phi) is 6.33. The molecule has 1 amide bonds. The van der Waals surface area contributed by atoms with Gasteiger partial charge in [0.15, 0.2) is 0 Å². The highest BCUT2D eigenvalue weighted by Crippen LogP contribution is 2.33. The molecule has 1 N–H and O–H groups in total. The van der Waals surface area contributed by atoms with Crippen LogP contribution in [-0.4, -0.2) is 31.6 Å². The highest BCUT2D eigenvalue weighted by atomic mass is 35.5. The molecular weight excluding hydrogens is 342 g/mol. The fraction of sp³-hybridized carbons (Fsp3) is 0.579. The molecule has 0 atom stereocenters. The van der Waals surface area contributed by atoms with Gasteiger partial charge in [-0.3, -0.25) is 4.79 Å². The molecule has 0 spiro atoms. The molecule has 1 aromatic carbocycles. The fourth-order valence-electron chi connectivity index (χ4n) is 3.45. The number of halogens is 1. The lowest BCUT2D eigenvalue weighted by Gasteiger charge is -2.37. The number of nitrogens with one attached hydrogen (secondary N) is 1. The molecule has 0 radical (unpaired) electrons. The minimum absolute atomic E-state index is 0.125. The second-order valence-corrected chi connectivity index (χ2v) is 7.32. The minimum Gasteiger partial charge on any atom is -0.496 e. The van der Waals surface area contributed by atoms with Gasteiger partial charge in [0, 0.05) is 10.6 Å². The summed E-state index contributed by atoms with van der Waals surface area (Å²) in [6.45, 7) is 4.04. The van der Waals surface area contributed by atoms with Crippen molar-refractivity contribution in [1.82, 2.24) is 5.32 Å². The zero-order valence-electron chi connectivity index (χ0n) is 15.3. The number of hydrogen-bond acceptors (Lipinski definition) is 4. The Hall–Kier alpha value is -1.75. The first-order chi connectivity index (χ1) is 11.8. The van der Waals surface area contributed by atoms with E-state index in [2.05, 4.69) is 12.2 Å². The monoisotopic (exact) mass is 367 g/mol. The number of hydrogen-bond donors (Lipinski definition) is 1. The third kappa shape index (κ3) is 4.46. The lowest BCUT2D eigenvalue weighted by Crippen LogP contribution is -2.57. The number of carbonyl (C=O) groups excluding carboxylic acids is 2. The Bertz CT molecular complexity index is 651. The summed E-state index contributed by atoms with van der Waals surface area (Å²) in [4.78, 5) is 25.0. The molecule has 0 unspecified atom stereocenters. The topological polar surface area (TPSA) is 64.6 Å². The SMILES string of the molecule is COC(=O)C1(NC(=O)Cc2c(C)cc(Cl)cc2OC)CCC(C)CC1. The van der Waals surface area contributed by atoms with E-state index >= 15 is 0 Å². The minimum atomic E-state index is -0.925. The van der Waals surface area contributed by atoms with Crippen molar-refractivity contribution < 1.29 is 19.1 Å². The van der Waals surface area contributed by atoms with E-state index in [0.29, 0.717) is 29.5 Å². The molecule has 0 aromatic heterocycles. The van der Waals surface area contributed by atoms with E-state index in [1.165, 1.54) is 7.11 Å². The van der Waals surface area contributed by atoms with Crippen LogP contribution in [0.2, 0.25) is 5.02 Å². The summed E-state index contributed by atoms with van der Waals surface area (Å²) in [5, 5.41) is 3.50. The first kappa shape index (κ1) is 19.6. The molecule has 0 aliphatic heterocycles. The van der Waals surface area contributed by atoms with Gasteiger partial charge in [-0.25, -0.2) is 4.79 Å². The standard InChI is InChI=1S/C19H26ClNO4/c1-12-5-7-19(8-6-12,18(23)25-4)21-17(22)11-15-13(2)9-14(20)10-16(15)24-3/h9-10,12H,5-8,11H2,1-4H3,(H,21,22). The van der Waals surface area contributed by atoms with Crippen LogP contribution in [0.3, 0.4) is 0 Å². The predicted molar refractivity (Wildman–Crippen MR) is 97.0 cm³/mol. The molecule has 6 heteroatoms. The summed E-state index contributed by atoms with van der Waals surface area (Å²) in [6.07, 6.45) is 3.10. The number of esters is 1. The normalized spacial score (nSPS) is 23.0. The van der Waals surface area contributed by atoms with Gasteiger partial charge < -0.3 is 14.8 Å². The van der Waals surface area contributed by atoms with Crippen LogP contribution in [-0.2, 0) is 20.7 Å². The van der Waals surface area contributed by atoms with Gasteiger partial charge >= 0.3 is 5.97 Å². The number of amides is 1. The van der Waals surface area contributed by atoms with Crippen molar-refractivity contribution in [3.63, 3.8) is 0 Å². The van der Waals surface area contributed by atoms with Crippen LogP contribution in [0.4, 0.5) is 0 Å². The molecule has 1 aliphatic carbocycles. The number of carbonyl (C=O) groups is 2. The summed E-state index contributed by atoms with van der Waals surface area (Å²) in [6, 6.07) is 3.49. The van der Waals surface area contributed by atoms with Crippen molar-refractivity contribution in [3.05, 3.63) is 28.3 Å². The highest BCUT2D eigenvalue weighted by molar-refractivity contribution is 6.30. The predicted octanol–water partition coefficient (Wildman–Crippen LogP) is 3.44. The Balaban J connectivity index is 2.19. The summed E-state index contributed by atoms with van der Waals surface area (Å²) in [5.74, 6) is 0.536. The summed E-state index contributed by atoms with van der Waals surface area (Å²) in [7, 11) is 2.91. The Morgan fingerprint density at radius 2 is 1.92 bits per heavy atom. The largest absolute Gasteiger partial charge is 0.496 e. The van der Waals surface area contributed by atoms with Crippen molar-refractivity contribution in [2.45, 2.75) is 51.5 Å². The van der Waals surface area contributed by atoms with Crippen LogP contribution >= 0.6 is 11.6 Å². The number of ether oxygens (including phenoxy) is 2. The molecule has 0 bridgehead atoms. The molecule has 1 aliphatic rings. The van der Waals surface area contributed by atoms with Gasteiger partial charge in [0.25, 0.3) is 0 Å². The molecule has 25 heavy (non-hydrogen) atoms. The Labute approximate surface area is 154 Å². The van der Waals surface area contributed by atoms with Crippen molar-refractivity contribution in [3.8, 4) is 5.75 Å². The molecule has 0 heterocycles. The Morgan fingerprint density at radius 3 is 2.48 bits per heavy atom. The van der Waals surface area contributed by atoms with Gasteiger partial charge in [0.2, 0.25) is 5.91 Å². The van der Waals surface area contributed by atoms with Crippen molar-refractivity contribution in [1.29, 1.82) is 0 Å². The summed E-state index contributed by atoms with van der Waals surface area (Å²) in [5.41, 5.74) is 0.726. The molecule has 0 saturated heterocycles. The first-order valence-corrected chi connectivity index (χ1v) is 8.91. The smallest absolute Gasteiger partial charge is 0.331 e. The van der Waals surface area contributed by atoms with E-state index in [-0.39, 0.29) is 18.3 Å². The van der Waals surface area contributed by atoms with E-state index in [1.807, 2.05) is 6.92 Å². The first-order valence-electron chi connectivity index (χ1n) is 8.53. The lowest BCUT2D eigenvalue weighted by atomic mass is 9.77. The molecule has 1 aromatic rings. The molecule has 138 valence electrons. The summed E-state index contributed by atoms with van der Waals surface area (Å²) >= 11 is 6.05. The van der Waals surface area contributed by atoms with E-state index in [9.17, 15) is 9.59 Å². The lowest BCUT2D eigenvalue weighted by molar-refractivity contribution is -0.153. The van der Waals surface area contributed by atoms with Crippen LogP contribution < -0.4 is 10.1 Å². The fourth-order valence-corrected chi connectivity index (χ4v) is 3.72. The van der Waals surface area contributed by atoms with Gasteiger partial charge in [0.05, 0.1) is 20.6 Å². The van der Waals surface area contributed by atoms with E-state index < -0.39 is 5.54 Å². The maximum atomic E-state index is 12.7. The van der Waals surface area contributed by atoms with Gasteiger partial charge in [-0.15, -0.1) is 0 Å². The van der Waals surface area contributed by atoms with Gasteiger partial charge in [-0.1, -0.05) is 18.5 Å². The molecule has 2 rings (SSSR count). The van der Waals surface area contributed by atoms with Gasteiger partial charge in [0.1, 0.15) is 11.3 Å². The molecule has 1 saturated carbocycles. The van der Waals surface area contributed by atoms with Crippen LogP contribution in [0.1, 0.15) is 43.7 Å². The molecular formula is C19H26ClNO4. The number of rotatable bonds is 5. The van der Waals surface area contributed by atoms with Crippen LogP contribution in [0.5, 0.6) is 5.75 Å². The zero-order valence-corrected chi connectivity index (χ0v) is 16.0. The second kappa shape index (κ2) is 8.09. The highest BCUT2D eigenvalue weighted by Gasteiger charge is 2.43. The van der Waals surface area contributed by atoms with E-state index in [4.69, 9.17) is 21.1 Å².